The van der Waals surface area contributed by atoms with Gasteiger partial charge in [-0.15, -0.1) is 0 Å². The first kappa shape index (κ1) is 21.7. The van der Waals surface area contributed by atoms with Gasteiger partial charge in [-0.3, -0.25) is 10.0 Å². The average Bonchev–Trinajstić information content (AvgIpc) is 3.34. The van der Waals surface area contributed by atoms with E-state index in [2.05, 4.69) is 21.0 Å². The van der Waals surface area contributed by atoms with Crippen LogP contribution in [0, 0.1) is 0 Å². The van der Waals surface area contributed by atoms with E-state index in [0.717, 1.165) is 50.0 Å². The number of benzene rings is 3. The van der Waals surface area contributed by atoms with Crippen molar-refractivity contribution in [3.8, 4) is 5.75 Å². The Balaban J connectivity index is 1.63. The normalized spacial score (nSPS) is 12.4. The van der Waals surface area contributed by atoms with E-state index in [0.29, 0.717) is 41.5 Å². The van der Waals surface area contributed by atoms with Crippen LogP contribution in [-0.4, -0.2) is 40.6 Å². The molecule has 0 saturated carbocycles. The SMILES string of the molecule is CCCN=C(N)N(N)CCOc1c2[nH]c3ccc(Cl)cc3c2cc2c1[nH]c1ccc(Cl)cc12. The highest BCUT2D eigenvalue weighted by Crippen LogP contribution is 2.41. The van der Waals surface area contributed by atoms with Gasteiger partial charge in [0.15, 0.2) is 5.75 Å². The molecule has 0 unspecified atom stereocenters. The Hall–Kier alpha value is -3.13. The quantitative estimate of drug-likeness (QED) is 0.110. The van der Waals surface area contributed by atoms with E-state index in [1.54, 1.807) is 0 Å². The number of aromatic nitrogens is 2. The van der Waals surface area contributed by atoms with Gasteiger partial charge in [-0.2, -0.15) is 0 Å². The zero-order chi connectivity index (χ0) is 23.1. The van der Waals surface area contributed by atoms with Crippen molar-refractivity contribution < 1.29 is 4.74 Å². The van der Waals surface area contributed by atoms with E-state index in [4.69, 9.17) is 39.5 Å². The van der Waals surface area contributed by atoms with E-state index in [1.165, 1.54) is 5.01 Å². The predicted molar refractivity (Wildman–Crippen MR) is 138 cm³/mol. The Morgan fingerprint density at radius 1 is 0.939 bits per heavy atom. The first-order valence-corrected chi connectivity index (χ1v) is 11.5. The summed E-state index contributed by atoms with van der Waals surface area (Å²) in [7, 11) is 0. The minimum atomic E-state index is 0.296. The summed E-state index contributed by atoms with van der Waals surface area (Å²) in [6, 6.07) is 13.7. The third-order valence-corrected chi connectivity index (χ3v) is 6.18. The van der Waals surface area contributed by atoms with Crippen molar-refractivity contribution >= 4 is 72.8 Å². The van der Waals surface area contributed by atoms with Crippen LogP contribution in [-0.2, 0) is 0 Å². The molecule has 0 aliphatic rings. The molecule has 33 heavy (non-hydrogen) atoms. The number of hydrogen-bond donors (Lipinski definition) is 4. The van der Waals surface area contributed by atoms with Gasteiger partial charge in [0.05, 0.1) is 17.6 Å². The Bertz CT molecular complexity index is 1430. The van der Waals surface area contributed by atoms with Crippen LogP contribution < -0.4 is 16.3 Å². The number of nitrogens with one attached hydrogen (secondary N) is 2. The molecule has 0 atom stereocenters. The van der Waals surface area contributed by atoms with Gasteiger partial charge in [-0.25, -0.2) is 5.84 Å². The second-order valence-electron chi connectivity index (χ2n) is 7.96. The molecule has 0 amide bonds. The molecule has 0 saturated heterocycles. The lowest BCUT2D eigenvalue weighted by atomic mass is 10.1. The minimum absolute atomic E-state index is 0.296. The number of fused-ring (bicyclic) bond motifs is 6. The second kappa shape index (κ2) is 8.67. The highest BCUT2D eigenvalue weighted by atomic mass is 35.5. The van der Waals surface area contributed by atoms with E-state index in [1.807, 2.05) is 43.3 Å². The molecule has 7 nitrogen and oxygen atoms in total. The predicted octanol–water partition coefficient (Wildman–Crippen LogP) is 5.54. The molecule has 0 spiro atoms. The molecule has 5 aromatic rings. The highest BCUT2D eigenvalue weighted by Gasteiger charge is 2.18. The average molecular weight is 483 g/mol. The van der Waals surface area contributed by atoms with Gasteiger partial charge in [0.1, 0.15) is 6.61 Å². The van der Waals surface area contributed by atoms with Crippen molar-refractivity contribution in [2.24, 2.45) is 16.6 Å². The fourth-order valence-electron chi connectivity index (χ4n) is 4.12. The van der Waals surface area contributed by atoms with E-state index >= 15 is 0 Å². The van der Waals surface area contributed by atoms with Gasteiger partial charge in [0.25, 0.3) is 0 Å². The maximum atomic E-state index is 6.32. The number of H-pyrrole nitrogens is 2. The first-order valence-electron chi connectivity index (χ1n) is 10.8. The van der Waals surface area contributed by atoms with Crippen LogP contribution in [0.3, 0.4) is 0 Å². The summed E-state index contributed by atoms with van der Waals surface area (Å²) in [5.74, 6) is 7.06. The Morgan fingerprint density at radius 3 is 2.06 bits per heavy atom. The zero-order valence-corrected chi connectivity index (χ0v) is 19.6. The molecule has 0 radical (unpaired) electrons. The number of nitrogens with two attached hydrogens (primary N) is 2. The summed E-state index contributed by atoms with van der Waals surface area (Å²) in [6.45, 7) is 3.37. The molecule has 9 heteroatoms. The zero-order valence-electron chi connectivity index (χ0n) is 18.1. The molecule has 0 aliphatic carbocycles. The molecular weight excluding hydrogens is 459 g/mol. The van der Waals surface area contributed by atoms with Crippen LogP contribution in [0.1, 0.15) is 13.3 Å². The van der Waals surface area contributed by atoms with Crippen LogP contribution in [0.5, 0.6) is 5.75 Å². The number of hydrogen-bond acceptors (Lipinski definition) is 3. The lowest BCUT2D eigenvalue weighted by Gasteiger charge is -2.18. The number of nitrogens with zero attached hydrogens (tertiary/aromatic N) is 2. The van der Waals surface area contributed by atoms with Gasteiger partial charge < -0.3 is 20.4 Å². The van der Waals surface area contributed by atoms with Crippen LogP contribution in [0.4, 0.5) is 0 Å². The van der Waals surface area contributed by atoms with E-state index in [9.17, 15) is 0 Å². The van der Waals surface area contributed by atoms with Gasteiger partial charge in [0.2, 0.25) is 5.96 Å². The molecule has 3 aromatic carbocycles. The van der Waals surface area contributed by atoms with Crippen molar-refractivity contribution in [1.82, 2.24) is 15.0 Å². The first-order chi connectivity index (χ1) is 16.0. The minimum Gasteiger partial charge on any atom is -0.487 e. The summed E-state index contributed by atoms with van der Waals surface area (Å²) < 4.78 is 6.32. The Kier molecular flexibility index (Phi) is 5.70. The fraction of sp³-hybridized carbons (Fsp3) is 0.208. The Labute approximate surface area is 200 Å². The van der Waals surface area contributed by atoms with Crippen molar-refractivity contribution in [2.75, 3.05) is 19.7 Å². The lowest BCUT2D eigenvalue weighted by molar-refractivity contribution is 0.274. The third kappa shape index (κ3) is 3.93. The van der Waals surface area contributed by atoms with Crippen LogP contribution in [0.25, 0.3) is 43.6 Å². The van der Waals surface area contributed by atoms with Crippen LogP contribution >= 0.6 is 23.2 Å². The summed E-state index contributed by atoms with van der Waals surface area (Å²) in [5, 5.41) is 6.84. The van der Waals surface area contributed by atoms with Crippen LogP contribution in [0.2, 0.25) is 10.0 Å². The third-order valence-electron chi connectivity index (χ3n) is 5.71. The maximum absolute atomic E-state index is 6.32. The summed E-state index contributed by atoms with van der Waals surface area (Å²) >= 11 is 12.6. The van der Waals surface area contributed by atoms with Gasteiger partial charge >= 0.3 is 0 Å². The topological polar surface area (TPSA) is 108 Å². The van der Waals surface area contributed by atoms with Crippen molar-refractivity contribution in [2.45, 2.75) is 13.3 Å². The van der Waals surface area contributed by atoms with Crippen molar-refractivity contribution in [3.05, 3.63) is 52.5 Å². The van der Waals surface area contributed by atoms with Crippen LogP contribution in [0.15, 0.2) is 47.5 Å². The standard InChI is InChI=1S/C24H24Cl2N6O/c1-2-7-29-24(27)32(28)8-9-33-23-21-17(15-10-13(25)3-5-19(15)30-21)12-18-16-11-14(26)4-6-20(16)31-22(18)23/h3-6,10-12,30-31H,2,7-9,28H2,1H3,(H2,27,29). The molecule has 5 rings (SSSR count). The number of aliphatic imine (C=N–C) groups is 1. The molecule has 2 aromatic heterocycles. The largest absolute Gasteiger partial charge is 0.487 e. The van der Waals surface area contributed by atoms with E-state index < -0.39 is 0 Å². The molecule has 0 bridgehead atoms. The number of halogens is 2. The number of guanidine groups is 1. The molecule has 2 heterocycles. The lowest BCUT2D eigenvalue weighted by Crippen LogP contribution is -2.45. The molecule has 0 fully saturated rings. The summed E-state index contributed by atoms with van der Waals surface area (Å²) in [5.41, 5.74) is 9.67. The van der Waals surface area contributed by atoms with E-state index in [-0.39, 0.29) is 0 Å². The number of hydrazine groups is 1. The monoisotopic (exact) mass is 482 g/mol. The smallest absolute Gasteiger partial charge is 0.205 e. The van der Waals surface area contributed by atoms with Gasteiger partial charge in [-0.1, -0.05) is 30.1 Å². The number of ether oxygens (including phenoxy) is 1. The summed E-state index contributed by atoms with van der Waals surface area (Å²) in [4.78, 5) is 11.2. The van der Waals surface area contributed by atoms with Crippen molar-refractivity contribution in [3.63, 3.8) is 0 Å². The second-order valence-corrected chi connectivity index (χ2v) is 8.84. The Morgan fingerprint density at radius 2 is 1.52 bits per heavy atom. The molecule has 170 valence electrons. The van der Waals surface area contributed by atoms with Gasteiger partial charge in [0, 0.05) is 49.2 Å². The fourth-order valence-corrected chi connectivity index (χ4v) is 4.46. The number of aromatic amines is 2. The van der Waals surface area contributed by atoms with Crippen molar-refractivity contribution in [1.29, 1.82) is 0 Å². The molecular formula is C24H24Cl2N6O. The maximum Gasteiger partial charge on any atom is 0.205 e. The molecule has 6 N–H and O–H groups in total. The number of rotatable bonds is 6. The highest BCUT2D eigenvalue weighted by molar-refractivity contribution is 6.33. The molecule has 0 aliphatic heterocycles. The summed E-state index contributed by atoms with van der Waals surface area (Å²) in [6.07, 6.45) is 0.903. The van der Waals surface area contributed by atoms with Gasteiger partial charge in [-0.05, 0) is 48.9 Å².